The van der Waals surface area contributed by atoms with E-state index in [4.69, 9.17) is 4.99 Å². The van der Waals surface area contributed by atoms with Crippen LogP contribution in [-0.2, 0) is 11.3 Å². The number of carbonyl (C=O) groups is 2. The molecule has 1 fully saturated rings. The Balaban J connectivity index is 1.51. The average molecular weight is 516 g/mol. The molecule has 2 aliphatic rings. The van der Waals surface area contributed by atoms with E-state index >= 15 is 0 Å². The summed E-state index contributed by atoms with van der Waals surface area (Å²) in [6.45, 7) is 0.417. The summed E-state index contributed by atoms with van der Waals surface area (Å²) in [4.78, 5) is 37.7. The second-order valence-electron chi connectivity index (χ2n) is 8.51. The summed E-state index contributed by atoms with van der Waals surface area (Å²) in [5, 5.41) is 4.36. The number of benzene rings is 3. The maximum absolute atomic E-state index is 13.7. The summed E-state index contributed by atoms with van der Waals surface area (Å²) in [5.74, 6) is -0.0678. The fraction of sp³-hybridized carbons (Fsp3) is 0.148. The first kappa shape index (κ1) is 24.0. The van der Waals surface area contributed by atoms with Crippen molar-refractivity contribution in [2.24, 2.45) is 4.99 Å². The second-order valence-corrected chi connectivity index (χ2v) is 10.5. The number of para-hydroxylation sites is 1. The molecule has 0 atom stereocenters. The highest BCUT2D eigenvalue weighted by Crippen LogP contribution is 2.50. The highest BCUT2D eigenvalue weighted by molar-refractivity contribution is 8.19. The normalized spacial score (nSPS) is 18.1. The quantitative estimate of drug-likeness (QED) is 0.435. The first-order valence-electron chi connectivity index (χ1n) is 11.4. The van der Waals surface area contributed by atoms with E-state index in [1.807, 2.05) is 67.7 Å². The molecule has 3 aromatic carbocycles. The van der Waals surface area contributed by atoms with Crippen molar-refractivity contribution in [3.05, 3.63) is 94.4 Å². The van der Waals surface area contributed by atoms with E-state index < -0.39 is 0 Å². The van der Waals surface area contributed by atoms with Crippen LogP contribution < -0.4 is 10.2 Å². The van der Waals surface area contributed by atoms with Gasteiger partial charge in [0.15, 0.2) is 5.17 Å². The number of anilines is 2. The summed E-state index contributed by atoms with van der Waals surface area (Å²) >= 11 is 2.99. The Hall–Kier alpha value is -3.69. The van der Waals surface area contributed by atoms with Crippen molar-refractivity contribution in [2.45, 2.75) is 11.4 Å². The molecule has 3 amide bonds. The number of hydrogen-bond donors (Lipinski definition) is 1. The van der Waals surface area contributed by atoms with Crippen molar-refractivity contribution in [1.29, 1.82) is 0 Å². The molecule has 5 rings (SSSR count). The van der Waals surface area contributed by atoms with Crippen LogP contribution in [-0.4, -0.2) is 48.0 Å². The van der Waals surface area contributed by atoms with Gasteiger partial charge in [-0.3, -0.25) is 9.69 Å². The van der Waals surface area contributed by atoms with Crippen molar-refractivity contribution in [3.63, 3.8) is 0 Å². The third kappa shape index (κ3) is 4.84. The van der Waals surface area contributed by atoms with E-state index in [1.165, 1.54) is 16.7 Å². The smallest absolute Gasteiger partial charge is 0.321 e. The highest BCUT2D eigenvalue weighted by atomic mass is 32.2. The van der Waals surface area contributed by atoms with Gasteiger partial charge in [-0.2, -0.15) is 0 Å². The lowest BCUT2D eigenvalue weighted by molar-refractivity contribution is -0.122. The molecule has 0 unspecified atom stereocenters. The van der Waals surface area contributed by atoms with Crippen molar-refractivity contribution in [1.82, 2.24) is 9.80 Å². The maximum atomic E-state index is 13.7. The SMILES string of the molecule is CN(C)C(=O)Nc1cccc(N=C2S/C(=C3\Sc4ccccc4N3C)C(=O)N2Cc2ccccc2)c1. The molecule has 1 saturated heterocycles. The Morgan fingerprint density at radius 3 is 2.47 bits per heavy atom. The zero-order valence-electron chi connectivity index (χ0n) is 20.1. The molecule has 182 valence electrons. The summed E-state index contributed by atoms with van der Waals surface area (Å²) in [5.41, 5.74) is 3.40. The number of amides is 3. The van der Waals surface area contributed by atoms with E-state index in [0.717, 1.165) is 21.2 Å². The third-order valence-electron chi connectivity index (χ3n) is 5.71. The van der Waals surface area contributed by atoms with Crippen molar-refractivity contribution >= 4 is 57.7 Å². The predicted octanol–water partition coefficient (Wildman–Crippen LogP) is 5.95. The van der Waals surface area contributed by atoms with Crippen LogP contribution in [0.15, 0.2) is 98.7 Å². The summed E-state index contributed by atoms with van der Waals surface area (Å²) in [6, 6.07) is 25.1. The number of amidine groups is 1. The molecular formula is C27H25N5O2S2. The van der Waals surface area contributed by atoms with Crippen LogP contribution >= 0.6 is 23.5 Å². The van der Waals surface area contributed by atoms with Gasteiger partial charge >= 0.3 is 6.03 Å². The Kier molecular flexibility index (Phi) is 6.75. The van der Waals surface area contributed by atoms with Gasteiger partial charge in [-0.1, -0.05) is 60.3 Å². The number of thioether (sulfide) groups is 2. The lowest BCUT2D eigenvalue weighted by atomic mass is 10.2. The predicted molar refractivity (Wildman–Crippen MR) is 149 cm³/mol. The van der Waals surface area contributed by atoms with Crippen LogP contribution in [0.5, 0.6) is 0 Å². The molecule has 0 saturated carbocycles. The number of hydrogen-bond acceptors (Lipinski definition) is 6. The van der Waals surface area contributed by atoms with Gasteiger partial charge in [0.05, 0.1) is 22.9 Å². The summed E-state index contributed by atoms with van der Waals surface area (Å²) in [6.07, 6.45) is 0. The molecular weight excluding hydrogens is 490 g/mol. The largest absolute Gasteiger partial charge is 0.337 e. The van der Waals surface area contributed by atoms with Gasteiger partial charge in [-0.15, -0.1) is 0 Å². The lowest BCUT2D eigenvalue weighted by Gasteiger charge is -2.17. The van der Waals surface area contributed by atoms with Crippen LogP contribution in [0.1, 0.15) is 5.56 Å². The molecule has 2 heterocycles. The Bertz CT molecular complexity index is 1390. The van der Waals surface area contributed by atoms with Crippen LogP contribution in [0, 0.1) is 0 Å². The lowest BCUT2D eigenvalue weighted by Crippen LogP contribution is -2.29. The number of aliphatic imine (C=N–C) groups is 1. The van der Waals surface area contributed by atoms with E-state index in [-0.39, 0.29) is 11.9 Å². The van der Waals surface area contributed by atoms with Crippen LogP contribution in [0.25, 0.3) is 0 Å². The maximum Gasteiger partial charge on any atom is 0.321 e. The molecule has 7 nitrogen and oxygen atoms in total. The molecule has 2 aliphatic heterocycles. The number of fused-ring (bicyclic) bond motifs is 1. The third-order valence-corrected chi connectivity index (χ3v) is 8.14. The fourth-order valence-electron chi connectivity index (χ4n) is 3.82. The summed E-state index contributed by atoms with van der Waals surface area (Å²) < 4.78 is 0. The van der Waals surface area contributed by atoms with Gasteiger partial charge in [-0.05, 0) is 47.7 Å². The molecule has 36 heavy (non-hydrogen) atoms. The Morgan fingerprint density at radius 1 is 0.972 bits per heavy atom. The van der Waals surface area contributed by atoms with Crippen molar-refractivity contribution in [2.75, 3.05) is 31.4 Å². The molecule has 0 bridgehead atoms. The van der Waals surface area contributed by atoms with Gasteiger partial charge in [-0.25, -0.2) is 9.79 Å². The van der Waals surface area contributed by atoms with Gasteiger partial charge < -0.3 is 15.1 Å². The van der Waals surface area contributed by atoms with Crippen molar-refractivity contribution in [3.8, 4) is 0 Å². The molecule has 0 spiro atoms. The minimum Gasteiger partial charge on any atom is -0.337 e. The van der Waals surface area contributed by atoms with E-state index in [0.29, 0.717) is 28.0 Å². The van der Waals surface area contributed by atoms with Gasteiger partial charge in [0.25, 0.3) is 5.91 Å². The molecule has 0 aromatic heterocycles. The van der Waals surface area contributed by atoms with Gasteiger partial charge in [0.2, 0.25) is 0 Å². The van der Waals surface area contributed by atoms with Crippen LogP contribution in [0.3, 0.4) is 0 Å². The standard InChI is InChI=1S/C27H25N5O2S2/c1-30(2)26(34)28-19-12-9-13-20(16-19)29-27-32(17-18-10-5-4-6-11-18)24(33)23(36-27)25-31(3)21-14-7-8-15-22(21)35-25/h4-16H,17H2,1-3H3,(H,28,34)/b25-23-,29-27?. The van der Waals surface area contributed by atoms with Crippen LogP contribution in [0.2, 0.25) is 0 Å². The first-order valence-corrected chi connectivity index (χ1v) is 13.0. The van der Waals surface area contributed by atoms with E-state index in [2.05, 4.69) is 22.3 Å². The topological polar surface area (TPSA) is 68.2 Å². The highest BCUT2D eigenvalue weighted by Gasteiger charge is 2.39. The van der Waals surface area contributed by atoms with E-state index in [1.54, 1.807) is 36.8 Å². The molecule has 1 N–H and O–H groups in total. The van der Waals surface area contributed by atoms with Gasteiger partial charge in [0.1, 0.15) is 4.91 Å². The minimum atomic E-state index is -0.219. The molecule has 9 heteroatoms. The minimum absolute atomic E-state index is 0.0678. The zero-order chi connectivity index (χ0) is 25.2. The molecule has 0 radical (unpaired) electrons. The molecule has 3 aromatic rings. The monoisotopic (exact) mass is 515 g/mol. The Morgan fingerprint density at radius 2 is 1.72 bits per heavy atom. The number of rotatable bonds is 4. The second kappa shape index (κ2) is 10.1. The number of nitrogens with zero attached hydrogens (tertiary/aromatic N) is 4. The number of carbonyl (C=O) groups excluding carboxylic acids is 2. The van der Waals surface area contributed by atoms with Crippen LogP contribution in [0.4, 0.5) is 21.9 Å². The number of nitrogens with one attached hydrogen (secondary N) is 1. The van der Waals surface area contributed by atoms with E-state index in [9.17, 15) is 9.59 Å². The first-order chi connectivity index (χ1) is 17.4. The van der Waals surface area contributed by atoms with Gasteiger partial charge in [0, 0.05) is 31.7 Å². The fourth-order valence-corrected chi connectivity index (χ4v) is 6.17. The molecule has 0 aliphatic carbocycles. The summed E-state index contributed by atoms with van der Waals surface area (Å²) in [7, 11) is 5.36. The number of urea groups is 1. The zero-order valence-corrected chi connectivity index (χ0v) is 21.8. The Labute approximate surface area is 218 Å². The average Bonchev–Trinajstić information content (AvgIpc) is 3.36. The van der Waals surface area contributed by atoms with Crippen molar-refractivity contribution < 1.29 is 9.59 Å².